The van der Waals surface area contributed by atoms with Crippen LogP contribution < -0.4 is 24.8 Å². The van der Waals surface area contributed by atoms with Crippen LogP contribution in [0.1, 0.15) is 49.6 Å². The van der Waals surface area contributed by atoms with Gasteiger partial charge >= 0.3 is 0 Å². The van der Waals surface area contributed by atoms with E-state index in [1.54, 1.807) is 27.6 Å². The van der Waals surface area contributed by atoms with Gasteiger partial charge in [0.15, 0.2) is 0 Å². The predicted octanol–water partition coefficient (Wildman–Crippen LogP) is 5.74. The maximum Gasteiger partial charge on any atom is 0.128 e. The largest absolute Gasteiger partial charge is 0.497 e. The summed E-state index contributed by atoms with van der Waals surface area (Å²) >= 11 is 0. The van der Waals surface area contributed by atoms with Crippen molar-refractivity contribution in [3.05, 3.63) is 65.6 Å². The number of anilines is 2. The second kappa shape index (κ2) is 7.40. The van der Waals surface area contributed by atoms with E-state index in [9.17, 15) is 0 Å². The molecule has 0 aliphatic carbocycles. The monoisotopic (exact) mass is 434 g/mol. The zero-order valence-electron chi connectivity index (χ0n) is 19.2. The quantitative estimate of drug-likeness (QED) is 0.546. The van der Waals surface area contributed by atoms with Crippen LogP contribution in [0, 0.1) is 0 Å². The molecule has 3 heterocycles. The highest BCUT2D eigenvalue weighted by molar-refractivity contribution is 5.74. The third-order valence-corrected chi connectivity index (χ3v) is 6.74. The third-order valence-electron chi connectivity index (χ3n) is 6.74. The van der Waals surface area contributed by atoms with Crippen LogP contribution >= 0.6 is 0 Å². The number of rotatable bonds is 4. The Hall–Kier alpha value is -3.28. The fraction of sp³-hybridized carbons (Fsp3) is 0.385. The van der Waals surface area contributed by atoms with Gasteiger partial charge in [-0.3, -0.25) is 0 Å². The van der Waals surface area contributed by atoms with E-state index in [4.69, 9.17) is 18.6 Å². The average Bonchev–Trinajstić information content (AvgIpc) is 3.32. The highest BCUT2D eigenvalue weighted by Gasteiger charge is 2.51. The molecular formula is C26H30N2O4. The molecule has 6 nitrogen and oxygen atoms in total. The van der Waals surface area contributed by atoms with Gasteiger partial charge in [0.1, 0.15) is 23.0 Å². The van der Waals surface area contributed by atoms with E-state index < -0.39 is 0 Å². The smallest absolute Gasteiger partial charge is 0.128 e. The molecule has 0 unspecified atom stereocenters. The van der Waals surface area contributed by atoms with Crippen molar-refractivity contribution in [3.8, 4) is 17.2 Å². The fourth-order valence-electron chi connectivity index (χ4n) is 5.65. The molecule has 1 spiro atoms. The van der Waals surface area contributed by atoms with E-state index in [1.807, 2.05) is 24.3 Å². The molecule has 32 heavy (non-hydrogen) atoms. The minimum atomic E-state index is -0.325. The number of ether oxygens (including phenoxy) is 3. The summed E-state index contributed by atoms with van der Waals surface area (Å²) in [5.41, 5.74) is 3.99. The van der Waals surface area contributed by atoms with Gasteiger partial charge in [-0.2, -0.15) is 0 Å². The zero-order valence-corrected chi connectivity index (χ0v) is 19.2. The maximum atomic E-state index is 5.95. The lowest BCUT2D eigenvalue weighted by Crippen LogP contribution is -2.49. The minimum absolute atomic E-state index is 0.0273. The molecule has 3 aromatic rings. The molecule has 5 rings (SSSR count). The first kappa shape index (κ1) is 20.6. The molecule has 0 saturated heterocycles. The molecule has 0 fully saturated rings. The first-order chi connectivity index (χ1) is 15.4. The Balaban J connectivity index is 1.82. The van der Waals surface area contributed by atoms with Crippen LogP contribution in [0.5, 0.6) is 17.2 Å². The van der Waals surface area contributed by atoms with Crippen molar-refractivity contribution in [1.82, 2.24) is 0 Å². The van der Waals surface area contributed by atoms with Gasteiger partial charge in [-0.25, -0.2) is 0 Å². The number of hydrogen-bond donors (Lipinski definition) is 2. The van der Waals surface area contributed by atoms with Crippen molar-refractivity contribution in [1.29, 1.82) is 0 Å². The Kier molecular flexibility index (Phi) is 4.77. The minimum Gasteiger partial charge on any atom is -0.497 e. The van der Waals surface area contributed by atoms with Gasteiger partial charge in [0.25, 0.3) is 0 Å². The summed E-state index contributed by atoms with van der Waals surface area (Å²) in [5, 5.41) is 7.44. The first-order valence-electron chi connectivity index (χ1n) is 10.9. The van der Waals surface area contributed by atoms with Gasteiger partial charge in [-0.05, 0) is 62.6 Å². The Morgan fingerprint density at radius 1 is 0.938 bits per heavy atom. The summed E-state index contributed by atoms with van der Waals surface area (Å²) in [5.74, 6) is 3.35. The second-order valence-electron chi connectivity index (χ2n) is 9.35. The summed E-state index contributed by atoms with van der Waals surface area (Å²) in [7, 11) is 5.12. The number of furan rings is 1. The summed E-state index contributed by atoms with van der Waals surface area (Å²) < 4.78 is 23.0. The molecule has 168 valence electrons. The van der Waals surface area contributed by atoms with Crippen LogP contribution in [-0.2, 0) is 5.41 Å². The maximum absolute atomic E-state index is 5.95. The molecular weight excluding hydrogens is 404 g/mol. The molecule has 2 aliphatic rings. The SMILES string of the molecule is COc1cc2c(c(OC)c1)[C@@]1(C[C@H](c3ccco3)Nc3ccc(OC)cc31)CC(C)(C)N2. The number of fused-ring (bicyclic) bond motifs is 4. The highest BCUT2D eigenvalue weighted by Crippen LogP contribution is 2.59. The standard InChI is InChI=1S/C26H30N2O4/c1-25(2)15-26(24-20(28-25)12-17(30-4)13-23(24)31-5)14-21(22-7-6-10-32-22)27-19-9-8-16(29-3)11-18(19)26/h6-13,21,27-28H,14-15H2,1-5H3/t21-,26+/m1/s1. The molecule has 0 amide bonds. The molecule has 0 saturated carbocycles. The topological polar surface area (TPSA) is 64.9 Å². The summed E-state index contributed by atoms with van der Waals surface area (Å²) in [4.78, 5) is 0. The van der Waals surface area contributed by atoms with E-state index >= 15 is 0 Å². The Morgan fingerprint density at radius 3 is 2.44 bits per heavy atom. The van der Waals surface area contributed by atoms with Crippen LogP contribution in [0.25, 0.3) is 0 Å². The van der Waals surface area contributed by atoms with Gasteiger partial charge < -0.3 is 29.3 Å². The van der Waals surface area contributed by atoms with Crippen molar-refractivity contribution in [2.75, 3.05) is 32.0 Å². The van der Waals surface area contributed by atoms with Crippen LogP contribution in [0.2, 0.25) is 0 Å². The number of nitrogens with one attached hydrogen (secondary N) is 2. The zero-order chi connectivity index (χ0) is 22.5. The van der Waals surface area contributed by atoms with Crippen LogP contribution in [0.3, 0.4) is 0 Å². The van der Waals surface area contributed by atoms with E-state index in [0.29, 0.717) is 0 Å². The molecule has 2 aliphatic heterocycles. The Bertz CT molecular complexity index is 1140. The molecule has 0 bridgehead atoms. The van der Waals surface area contributed by atoms with Crippen LogP contribution in [0.15, 0.2) is 53.1 Å². The Labute approximate surface area is 188 Å². The Morgan fingerprint density at radius 2 is 1.75 bits per heavy atom. The van der Waals surface area contributed by atoms with Crippen molar-refractivity contribution in [2.24, 2.45) is 0 Å². The molecule has 2 N–H and O–H groups in total. The van der Waals surface area contributed by atoms with E-state index in [2.05, 4.69) is 42.7 Å². The van der Waals surface area contributed by atoms with Gasteiger partial charge in [0, 0.05) is 40.0 Å². The molecule has 1 aromatic heterocycles. The third kappa shape index (κ3) is 3.17. The lowest BCUT2D eigenvalue weighted by Gasteiger charge is -2.52. The van der Waals surface area contributed by atoms with E-state index in [0.717, 1.165) is 52.8 Å². The van der Waals surface area contributed by atoms with Crippen molar-refractivity contribution in [2.45, 2.75) is 43.7 Å². The van der Waals surface area contributed by atoms with Gasteiger partial charge in [0.2, 0.25) is 0 Å². The number of methoxy groups -OCH3 is 3. The summed E-state index contributed by atoms with van der Waals surface area (Å²) in [6.07, 6.45) is 3.44. The molecule has 2 aromatic carbocycles. The first-order valence-corrected chi connectivity index (χ1v) is 10.9. The van der Waals surface area contributed by atoms with Crippen molar-refractivity contribution >= 4 is 11.4 Å². The number of benzene rings is 2. The number of hydrogen-bond acceptors (Lipinski definition) is 6. The van der Waals surface area contributed by atoms with Gasteiger partial charge in [-0.1, -0.05) is 0 Å². The summed E-state index contributed by atoms with van der Waals surface area (Å²) in [6, 6.07) is 14.3. The van der Waals surface area contributed by atoms with Crippen LogP contribution in [0.4, 0.5) is 11.4 Å². The molecule has 6 heteroatoms. The molecule has 0 radical (unpaired) electrons. The van der Waals surface area contributed by atoms with E-state index in [1.165, 1.54) is 5.56 Å². The molecule has 2 atom stereocenters. The van der Waals surface area contributed by atoms with Gasteiger partial charge in [-0.15, -0.1) is 0 Å². The average molecular weight is 435 g/mol. The van der Waals surface area contributed by atoms with Crippen LogP contribution in [-0.4, -0.2) is 26.9 Å². The van der Waals surface area contributed by atoms with E-state index in [-0.39, 0.29) is 17.0 Å². The fourth-order valence-corrected chi connectivity index (χ4v) is 5.65. The lowest BCUT2D eigenvalue weighted by molar-refractivity contribution is 0.287. The van der Waals surface area contributed by atoms with Gasteiger partial charge in [0.05, 0.1) is 33.6 Å². The lowest BCUT2D eigenvalue weighted by atomic mass is 9.59. The summed E-state index contributed by atoms with van der Waals surface area (Å²) in [6.45, 7) is 4.49. The second-order valence-corrected chi connectivity index (χ2v) is 9.35. The highest BCUT2D eigenvalue weighted by atomic mass is 16.5. The predicted molar refractivity (Wildman–Crippen MR) is 125 cm³/mol. The van der Waals surface area contributed by atoms with Crippen molar-refractivity contribution < 1.29 is 18.6 Å². The van der Waals surface area contributed by atoms with Crippen molar-refractivity contribution in [3.63, 3.8) is 0 Å². The normalized spacial score (nSPS) is 22.8.